The predicted molar refractivity (Wildman–Crippen MR) is 145 cm³/mol. The second-order valence-electron chi connectivity index (χ2n) is 9.52. The van der Waals surface area contributed by atoms with Crippen LogP contribution in [0.25, 0.3) is 22.3 Å². The van der Waals surface area contributed by atoms with Gasteiger partial charge < -0.3 is 24.4 Å². The standard InChI is InChI=1S/C28H34N6O3/c1-32-18-21(16-30-32)28-17-29-26-5-4-22(14-27(26)31-28)34(11-10-33-8-6-20(19-35)7-9-33)23-12-24(36-2)15-25(13-23)37-3/h4-5,12-18,20,35H,6-11,19H2,1-3H3. The predicted octanol–water partition coefficient (Wildman–Crippen LogP) is 3.89. The Hall–Kier alpha value is -3.69. The van der Waals surface area contributed by atoms with Crippen LogP contribution in [-0.2, 0) is 7.05 Å². The van der Waals surface area contributed by atoms with Gasteiger partial charge in [-0.15, -0.1) is 0 Å². The summed E-state index contributed by atoms with van der Waals surface area (Å²) in [7, 11) is 5.22. The summed E-state index contributed by atoms with van der Waals surface area (Å²) >= 11 is 0. The number of methoxy groups -OCH3 is 2. The molecule has 1 aliphatic rings. The lowest BCUT2D eigenvalue weighted by atomic mass is 9.98. The van der Waals surface area contributed by atoms with Crippen molar-refractivity contribution in [3.05, 3.63) is 55.0 Å². The summed E-state index contributed by atoms with van der Waals surface area (Å²) < 4.78 is 12.9. The number of likely N-dealkylation sites (tertiary alicyclic amines) is 1. The minimum atomic E-state index is 0.280. The van der Waals surface area contributed by atoms with Crippen LogP contribution in [0, 0.1) is 5.92 Å². The number of piperidine rings is 1. The van der Waals surface area contributed by atoms with Gasteiger partial charge in [0.25, 0.3) is 0 Å². The van der Waals surface area contributed by atoms with Gasteiger partial charge in [-0.1, -0.05) is 0 Å². The van der Waals surface area contributed by atoms with E-state index in [0.29, 0.717) is 5.92 Å². The van der Waals surface area contributed by atoms with Gasteiger partial charge in [-0.05, 0) is 50.0 Å². The van der Waals surface area contributed by atoms with Crippen molar-refractivity contribution in [2.45, 2.75) is 12.8 Å². The highest BCUT2D eigenvalue weighted by Gasteiger charge is 2.20. The van der Waals surface area contributed by atoms with Crippen LogP contribution in [0.2, 0.25) is 0 Å². The largest absolute Gasteiger partial charge is 0.497 e. The van der Waals surface area contributed by atoms with Gasteiger partial charge in [0.2, 0.25) is 0 Å². The zero-order chi connectivity index (χ0) is 25.8. The van der Waals surface area contributed by atoms with Gasteiger partial charge in [0.05, 0.1) is 43.3 Å². The molecule has 0 atom stereocenters. The molecule has 1 N–H and O–H groups in total. The Morgan fingerprint density at radius 2 is 1.73 bits per heavy atom. The van der Waals surface area contributed by atoms with Crippen LogP contribution in [0.5, 0.6) is 11.5 Å². The number of aryl methyl sites for hydroxylation is 1. The quantitative estimate of drug-likeness (QED) is 0.369. The number of fused-ring (bicyclic) bond motifs is 1. The van der Waals surface area contributed by atoms with E-state index in [4.69, 9.17) is 14.5 Å². The summed E-state index contributed by atoms with van der Waals surface area (Å²) in [6.07, 6.45) is 7.60. The highest BCUT2D eigenvalue weighted by Crippen LogP contribution is 2.34. The smallest absolute Gasteiger partial charge is 0.124 e. The molecule has 0 spiro atoms. The van der Waals surface area contributed by atoms with E-state index in [1.54, 1.807) is 31.3 Å². The van der Waals surface area contributed by atoms with Gasteiger partial charge in [-0.3, -0.25) is 9.67 Å². The first-order valence-corrected chi connectivity index (χ1v) is 12.7. The fourth-order valence-electron chi connectivity index (χ4n) is 4.85. The van der Waals surface area contributed by atoms with Crippen LogP contribution in [-0.4, -0.2) is 76.8 Å². The van der Waals surface area contributed by atoms with Crippen LogP contribution >= 0.6 is 0 Å². The molecule has 0 radical (unpaired) electrons. The van der Waals surface area contributed by atoms with Crippen LogP contribution in [0.1, 0.15) is 12.8 Å². The van der Waals surface area contributed by atoms with Crippen molar-refractivity contribution >= 4 is 22.4 Å². The maximum Gasteiger partial charge on any atom is 0.124 e. The molecule has 1 fully saturated rings. The van der Waals surface area contributed by atoms with E-state index in [1.807, 2.05) is 37.5 Å². The van der Waals surface area contributed by atoms with E-state index < -0.39 is 0 Å². The SMILES string of the molecule is COc1cc(OC)cc(N(CCN2CCC(CO)CC2)c2ccc3ncc(-c4cnn(C)c4)nc3c2)c1. The van der Waals surface area contributed by atoms with E-state index >= 15 is 0 Å². The first-order valence-electron chi connectivity index (χ1n) is 12.7. The number of hydrogen-bond donors (Lipinski definition) is 1. The Morgan fingerprint density at radius 1 is 0.973 bits per heavy atom. The molecule has 9 nitrogen and oxygen atoms in total. The normalized spacial score (nSPS) is 14.7. The van der Waals surface area contributed by atoms with Crippen molar-refractivity contribution < 1.29 is 14.6 Å². The molecule has 9 heteroatoms. The van der Waals surface area contributed by atoms with Crippen molar-refractivity contribution in [3.8, 4) is 22.8 Å². The van der Waals surface area contributed by atoms with Crippen molar-refractivity contribution in [3.63, 3.8) is 0 Å². The second kappa shape index (κ2) is 11.1. The minimum Gasteiger partial charge on any atom is -0.497 e. The van der Waals surface area contributed by atoms with E-state index in [0.717, 1.165) is 84.2 Å². The summed E-state index contributed by atoms with van der Waals surface area (Å²) in [5, 5.41) is 13.8. The van der Waals surface area contributed by atoms with Gasteiger partial charge >= 0.3 is 0 Å². The third kappa shape index (κ3) is 5.68. The monoisotopic (exact) mass is 502 g/mol. The van der Waals surface area contributed by atoms with Gasteiger partial charge in [0.1, 0.15) is 11.5 Å². The number of benzene rings is 2. The Balaban J connectivity index is 1.49. The molecule has 3 heterocycles. The van der Waals surface area contributed by atoms with Crippen molar-refractivity contribution in [2.24, 2.45) is 13.0 Å². The first-order chi connectivity index (χ1) is 18.1. The topological polar surface area (TPSA) is 88.8 Å². The first kappa shape index (κ1) is 25.0. The third-order valence-corrected chi connectivity index (χ3v) is 7.09. The summed E-state index contributed by atoms with van der Waals surface area (Å²) in [4.78, 5) is 14.3. The molecule has 37 heavy (non-hydrogen) atoms. The lowest BCUT2D eigenvalue weighted by Gasteiger charge is -2.34. The minimum absolute atomic E-state index is 0.280. The van der Waals surface area contributed by atoms with Crippen LogP contribution in [0.3, 0.4) is 0 Å². The molecular formula is C28H34N6O3. The van der Waals surface area contributed by atoms with Crippen molar-refractivity contribution in [1.82, 2.24) is 24.6 Å². The number of aliphatic hydroxyl groups excluding tert-OH is 1. The number of ether oxygens (including phenoxy) is 2. The maximum absolute atomic E-state index is 9.51. The lowest BCUT2D eigenvalue weighted by molar-refractivity contribution is 0.134. The fraction of sp³-hybridized carbons (Fsp3) is 0.393. The van der Waals surface area contributed by atoms with E-state index in [2.05, 4.69) is 32.0 Å². The Bertz CT molecular complexity index is 1330. The van der Waals surface area contributed by atoms with Crippen LogP contribution < -0.4 is 14.4 Å². The highest BCUT2D eigenvalue weighted by molar-refractivity contribution is 5.82. The van der Waals surface area contributed by atoms with E-state index in [-0.39, 0.29) is 6.61 Å². The molecule has 0 saturated carbocycles. The molecule has 4 aromatic rings. The average Bonchev–Trinajstić information content (AvgIpc) is 3.39. The zero-order valence-corrected chi connectivity index (χ0v) is 21.7. The third-order valence-electron chi connectivity index (χ3n) is 7.09. The zero-order valence-electron chi connectivity index (χ0n) is 21.7. The molecule has 2 aromatic heterocycles. The van der Waals surface area contributed by atoms with Crippen molar-refractivity contribution in [2.75, 3.05) is 51.9 Å². The second-order valence-corrected chi connectivity index (χ2v) is 9.52. The number of nitrogens with zero attached hydrogens (tertiary/aromatic N) is 6. The van der Waals surface area contributed by atoms with Crippen LogP contribution in [0.4, 0.5) is 11.4 Å². The average molecular weight is 503 g/mol. The summed E-state index contributed by atoms with van der Waals surface area (Å²) in [5.41, 5.74) is 5.39. The number of aliphatic hydroxyl groups is 1. The van der Waals surface area contributed by atoms with E-state index in [9.17, 15) is 5.11 Å². The van der Waals surface area contributed by atoms with Gasteiger partial charge in [-0.25, -0.2) is 4.98 Å². The van der Waals surface area contributed by atoms with Gasteiger partial charge in [0.15, 0.2) is 0 Å². The molecule has 0 unspecified atom stereocenters. The van der Waals surface area contributed by atoms with E-state index in [1.165, 1.54) is 0 Å². The summed E-state index contributed by atoms with van der Waals surface area (Å²) in [6, 6.07) is 12.1. The number of rotatable bonds is 9. The molecular weight excluding hydrogens is 468 g/mol. The molecule has 1 saturated heterocycles. The fourth-order valence-corrected chi connectivity index (χ4v) is 4.85. The van der Waals surface area contributed by atoms with Crippen LogP contribution in [0.15, 0.2) is 55.0 Å². The highest BCUT2D eigenvalue weighted by atomic mass is 16.5. The van der Waals surface area contributed by atoms with Gasteiger partial charge in [-0.2, -0.15) is 5.10 Å². The Labute approximate surface area is 217 Å². The molecule has 2 aromatic carbocycles. The molecule has 194 valence electrons. The van der Waals surface area contributed by atoms with Crippen molar-refractivity contribution in [1.29, 1.82) is 0 Å². The summed E-state index contributed by atoms with van der Waals surface area (Å²) in [6.45, 7) is 3.96. The number of aromatic nitrogens is 4. The molecule has 0 aliphatic carbocycles. The molecule has 0 bridgehead atoms. The van der Waals surface area contributed by atoms with Gasteiger partial charge in [0, 0.05) is 68.1 Å². The maximum atomic E-state index is 9.51. The Kier molecular flexibility index (Phi) is 7.52. The number of hydrogen-bond acceptors (Lipinski definition) is 8. The summed E-state index contributed by atoms with van der Waals surface area (Å²) in [5.74, 6) is 1.90. The Morgan fingerprint density at radius 3 is 2.38 bits per heavy atom. The lowest BCUT2D eigenvalue weighted by Crippen LogP contribution is -2.39. The molecule has 0 amide bonds. The number of anilines is 2. The molecule has 1 aliphatic heterocycles. The molecule has 5 rings (SSSR count).